The third kappa shape index (κ3) is 5.26. The molecule has 0 radical (unpaired) electrons. The highest BCUT2D eigenvalue weighted by atomic mass is 19.1. The predicted molar refractivity (Wildman–Crippen MR) is 138 cm³/mol. The molecule has 5 rings (SSSR count). The summed E-state index contributed by atoms with van der Waals surface area (Å²) in [6.07, 6.45) is 3.61. The number of halogens is 1. The Morgan fingerprint density at radius 2 is 1.75 bits per heavy atom. The first kappa shape index (κ1) is 23.3. The maximum atomic E-state index is 13.3. The molecule has 0 fully saturated rings. The normalized spacial score (nSPS) is 11.6. The maximum Gasteiger partial charge on any atom is 0.323 e. The monoisotopic (exact) mass is 484 g/mol. The highest BCUT2D eigenvalue weighted by molar-refractivity contribution is 6.00. The number of fused-ring (bicyclic) bond motifs is 1. The second-order valence-electron chi connectivity index (χ2n) is 9.24. The van der Waals surface area contributed by atoms with Crippen LogP contribution in [0.15, 0.2) is 79.1 Å². The van der Waals surface area contributed by atoms with E-state index >= 15 is 0 Å². The van der Waals surface area contributed by atoms with Gasteiger partial charge in [-0.2, -0.15) is 10.2 Å². The highest BCUT2D eigenvalue weighted by Crippen LogP contribution is 2.30. The number of nitrogens with zero attached hydrogens (tertiary/aromatic N) is 3. The van der Waals surface area contributed by atoms with Crippen LogP contribution < -0.4 is 10.6 Å². The van der Waals surface area contributed by atoms with Crippen molar-refractivity contribution in [3.63, 3.8) is 0 Å². The van der Waals surface area contributed by atoms with E-state index in [1.165, 1.54) is 18.2 Å². The minimum absolute atomic E-state index is 0.376. The zero-order valence-corrected chi connectivity index (χ0v) is 19.8. The Morgan fingerprint density at radius 1 is 1.00 bits per heavy atom. The summed E-state index contributed by atoms with van der Waals surface area (Å²) >= 11 is 0. The number of rotatable bonds is 6. The zero-order chi connectivity index (χ0) is 25.3. The van der Waals surface area contributed by atoms with E-state index in [-0.39, 0.29) is 0 Å². The highest BCUT2D eigenvalue weighted by Gasteiger charge is 2.16. The number of carbonyl (C=O) groups excluding carboxylic acids is 1. The van der Waals surface area contributed by atoms with E-state index in [9.17, 15) is 14.3 Å². The summed E-state index contributed by atoms with van der Waals surface area (Å²) < 4.78 is 15.0. The fourth-order valence-electron chi connectivity index (χ4n) is 3.99. The number of benzene rings is 3. The smallest absolute Gasteiger partial charge is 0.323 e. The number of urea groups is 1. The van der Waals surface area contributed by atoms with Gasteiger partial charge in [0.25, 0.3) is 0 Å². The molecule has 5 aromatic rings. The molecule has 0 aliphatic heterocycles. The van der Waals surface area contributed by atoms with Crippen molar-refractivity contribution in [2.45, 2.75) is 26.0 Å². The summed E-state index contributed by atoms with van der Waals surface area (Å²) in [6.45, 7) is 3.87. The number of amides is 2. The largest absolute Gasteiger partial charge is 0.389 e. The first-order valence-corrected chi connectivity index (χ1v) is 11.4. The lowest BCUT2D eigenvalue weighted by molar-refractivity contribution is 0.0577. The molecule has 3 aromatic carbocycles. The van der Waals surface area contributed by atoms with Crippen molar-refractivity contribution in [1.29, 1.82) is 0 Å². The van der Waals surface area contributed by atoms with Crippen molar-refractivity contribution in [3.05, 3.63) is 84.9 Å². The molecule has 0 spiro atoms. The van der Waals surface area contributed by atoms with Crippen molar-refractivity contribution >= 4 is 28.3 Å². The Balaban J connectivity index is 1.29. The van der Waals surface area contributed by atoms with Crippen molar-refractivity contribution in [1.82, 2.24) is 20.0 Å². The van der Waals surface area contributed by atoms with Gasteiger partial charge in [0, 0.05) is 28.5 Å². The number of H-pyrrole nitrogens is 1. The van der Waals surface area contributed by atoms with Gasteiger partial charge in [0.2, 0.25) is 0 Å². The number of nitrogens with one attached hydrogen (secondary N) is 3. The molecule has 4 N–H and O–H groups in total. The predicted octanol–water partition coefficient (Wildman–Crippen LogP) is 5.65. The number of aliphatic hydroxyl groups is 1. The van der Waals surface area contributed by atoms with Crippen LogP contribution in [0.3, 0.4) is 0 Å². The molecule has 8 nitrogen and oxygen atoms in total. The molecule has 0 atom stereocenters. The van der Waals surface area contributed by atoms with Gasteiger partial charge in [0.1, 0.15) is 11.5 Å². The van der Waals surface area contributed by atoms with Gasteiger partial charge in [-0.25, -0.2) is 9.18 Å². The summed E-state index contributed by atoms with van der Waals surface area (Å²) in [5.74, 6) is -0.417. The molecule has 0 aliphatic rings. The first-order valence-electron chi connectivity index (χ1n) is 11.4. The fourth-order valence-corrected chi connectivity index (χ4v) is 3.99. The van der Waals surface area contributed by atoms with E-state index in [0.29, 0.717) is 17.9 Å². The van der Waals surface area contributed by atoms with Gasteiger partial charge in [-0.15, -0.1) is 0 Å². The van der Waals surface area contributed by atoms with Crippen LogP contribution >= 0.6 is 0 Å². The molecular formula is C27H25FN6O2. The third-order valence-electron chi connectivity index (χ3n) is 5.58. The first-order chi connectivity index (χ1) is 17.2. The van der Waals surface area contributed by atoms with Gasteiger partial charge in [-0.3, -0.25) is 9.78 Å². The summed E-state index contributed by atoms with van der Waals surface area (Å²) in [6, 6.07) is 18.7. The average molecular weight is 485 g/mol. The molecule has 9 heteroatoms. The topological polar surface area (TPSA) is 108 Å². The van der Waals surface area contributed by atoms with Crippen LogP contribution in [0.25, 0.3) is 33.3 Å². The van der Waals surface area contributed by atoms with E-state index < -0.39 is 17.4 Å². The van der Waals surface area contributed by atoms with Crippen LogP contribution in [0.2, 0.25) is 0 Å². The number of carbonyl (C=O) groups is 1. The van der Waals surface area contributed by atoms with Gasteiger partial charge >= 0.3 is 6.03 Å². The minimum Gasteiger partial charge on any atom is -0.389 e. The number of hydrogen-bond acceptors (Lipinski definition) is 4. The molecule has 0 saturated heterocycles. The molecular weight excluding hydrogens is 459 g/mol. The molecule has 2 amide bonds. The van der Waals surface area contributed by atoms with E-state index in [0.717, 1.165) is 33.3 Å². The lowest BCUT2D eigenvalue weighted by Gasteiger charge is -2.16. The Labute approximate surface area is 206 Å². The number of anilines is 2. The number of aromatic amines is 1. The van der Waals surface area contributed by atoms with Crippen LogP contribution in [-0.2, 0) is 6.54 Å². The van der Waals surface area contributed by atoms with Gasteiger partial charge < -0.3 is 15.7 Å². The fraction of sp³-hybridized carbons (Fsp3) is 0.148. The van der Waals surface area contributed by atoms with Crippen molar-refractivity contribution < 1.29 is 14.3 Å². The summed E-state index contributed by atoms with van der Waals surface area (Å²) in [7, 11) is 0. The standard InChI is InChI=1S/C27H25FN6O2/c1-27(2,36)16-34-15-19(14-29-34)25-23-11-8-18(12-24(23)32-33-25)17-6-9-21(10-7-17)30-26(35)31-22-5-3-4-20(28)13-22/h3-15,36H,16H2,1-2H3,(H,32,33)(H2,30,31,35). The lowest BCUT2D eigenvalue weighted by atomic mass is 10.0. The van der Waals surface area contributed by atoms with Crippen molar-refractivity contribution in [3.8, 4) is 22.4 Å². The van der Waals surface area contributed by atoms with Gasteiger partial charge in [-0.05, 0) is 67.4 Å². The van der Waals surface area contributed by atoms with Gasteiger partial charge in [0.15, 0.2) is 0 Å². The third-order valence-corrected chi connectivity index (χ3v) is 5.58. The second-order valence-corrected chi connectivity index (χ2v) is 9.24. The summed E-state index contributed by atoms with van der Waals surface area (Å²) in [5.41, 5.74) is 4.64. The van der Waals surface area contributed by atoms with Crippen LogP contribution in [0.4, 0.5) is 20.6 Å². The molecule has 0 unspecified atom stereocenters. The lowest BCUT2D eigenvalue weighted by Crippen LogP contribution is -2.26. The molecule has 0 bridgehead atoms. The molecule has 0 aliphatic carbocycles. The van der Waals surface area contributed by atoms with E-state index in [2.05, 4.69) is 25.9 Å². The minimum atomic E-state index is -0.859. The summed E-state index contributed by atoms with van der Waals surface area (Å²) in [5, 5.41) is 28.3. The Bertz CT molecular complexity index is 1530. The SMILES string of the molecule is CC(C)(O)Cn1cc(-c2n[nH]c3cc(-c4ccc(NC(=O)Nc5cccc(F)c5)cc4)ccc23)cn1. The van der Waals surface area contributed by atoms with Crippen molar-refractivity contribution in [2.24, 2.45) is 0 Å². The number of hydrogen-bond donors (Lipinski definition) is 4. The molecule has 36 heavy (non-hydrogen) atoms. The van der Waals surface area contributed by atoms with Crippen LogP contribution in [0.5, 0.6) is 0 Å². The molecule has 0 saturated carbocycles. The Hall–Kier alpha value is -4.50. The van der Waals surface area contributed by atoms with Gasteiger partial charge in [-0.1, -0.05) is 24.3 Å². The quantitative estimate of drug-likeness (QED) is 0.250. The zero-order valence-electron chi connectivity index (χ0n) is 19.8. The Kier molecular flexibility index (Phi) is 5.99. The molecule has 182 valence electrons. The maximum absolute atomic E-state index is 13.3. The van der Waals surface area contributed by atoms with E-state index in [1.807, 2.05) is 36.5 Å². The molecule has 2 heterocycles. The van der Waals surface area contributed by atoms with E-state index in [1.54, 1.807) is 42.9 Å². The van der Waals surface area contributed by atoms with Crippen molar-refractivity contribution in [2.75, 3.05) is 10.6 Å². The average Bonchev–Trinajstić information content (AvgIpc) is 3.44. The van der Waals surface area contributed by atoms with E-state index in [4.69, 9.17) is 0 Å². The summed E-state index contributed by atoms with van der Waals surface area (Å²) in [4.78, 5) is 12.2. The van der Waals surface area contributed by atoms with Gasteiger partial charge in [0.05, 0.1) is 23.9 Å². The molecule has 2 aromatic heterocycles. The van der Waals surface area contributed by atoms with Crippen LogP contribution in [-0.4, -0.2) is 36.7 Å². The second kappa shape index (κ2) is 9.27. The van der Waals surface area contributed by atoms with Crippen LogP contribution in [0.1, 0.15) is 13.8 Å². The number of aromatic nitrogens is 4. The van der Waals surface area contributed by atoms with Crippen LogP contribution in [0, 0.1) is 5.82 Å². The Morgan fingerprint density at radius 3 is 2.50 bits per heavy atom.